The summed E-state index contributed by atoms with van der Waals surface area (Å²) >= 11 is 0. The SMILES string of the molecule is CCC#CC(C)OC(=O)O. The zero-order valence-electron chi connectivity index (χ0n) is 6.05. The molecule has 0 radical (unpaired) electrons. The monoisotopic (exact) mass is 142 g/mol. The van der Waals surface area contributed by atoms with Crippen molar-refractivity contribution in [2.75, 3.05) is 0 Å². The molecule has 0 aromatic rings. The number of carbonyl (C=O) groups is 1. The molecule has 10 heavy (non-hydrogen) atoms. The van der Waals surface area contributed by atoms with E-state index in [1.807, 2.05) is 6.92 Å². The summed E-state index contributed by atoms with van der Waals surface area (Å²) in [6.07, 6.45) is -1.08. The Morgan fingerprint density at radius 1 is 1.80 bits per heavy atom. The van der Waals surface area contributed by atoms with Crippen molar-refractivity contribution in [1.82, 2.24) is 0 Å². The van der Waals surface area contributed by atoms with E-state index in [1.54, 1.807) is 6.92 Å². The molecule has 0 bridgehead atoms. The molecule has 56 valence electrons. The van der Waals surface area contributed by atoms with Crippen LogP contribution in [-0.4, -0.2) is 17.4 Å². The van der Waals surface area contributed by atoms with Gasteiger partial charge < -0.3 is 9.84 Å². The number of hydrogen-bond acceptors (Lipinski definition) is 2. The van der Waals surface area contributed by atoms with Crippen LogP contribution in [0.2, 0.25) is 0 Å². The van der Waals surface area contributed by atoms with Crippen LogP contribution in [0.4, 0.5) is 4.79 Å². The van der Waals surface area contributed by atoms with Crippen LogP contribution in [0, 0.1) is 11.8 Å². The lowest BCUT2D eigenvalue weighted by Crippen LogP contribution is -2.10. The van der Waals surface area contributed by atoms with Crippen molar-refractivity contribution in [3.63, 3.8) is 0 Å². The van der Waals surface area contributed by atoms with E-state index in [0.717, 1.165) is 0 Å². The minimum atomic E-state index is -1.28. The second-order valence-corrected chi connectivity index (χ2v) is 1.70. The summed E-state index contributed by atoms with van der Waals surface area (Å²) in [4.78, 5) is 9.88. The van der Waals surface area contributed by atoms with Crippen LogP contribution in [0.3, 0.4) is 0 Å². The molecule has 0 aliphatic rings. The molecule has 0 aliphatic heterocycles. The third-order valence-corrected chi connectivity index (χ3v) is 0.760. The molecule has 0 aromatic carbocycles. The van der Waals surface area contributed by atoms with Gasteiger partial charge in [-0.2, -0.15) is 0 Å². The van der Waals surface area contributed by atoms with Crippen molar-refractivity contribution in [3.05, 3.63) is 0 Å². The Bertz CT molecular complexity index is 163. The molecule has 3 heteroatoms. The summed E-state index contributed by atoms with van der Waals surface area (Å²) in [6.45, 7) is 3.48. The number of rotatable bonds is 1. The topological polar surface area (TPSA) is 46.5 Å². The molecule has 1 unspecified atom stereocenters. The van der Waals surface area contributed by atoms with Crippen molar-refractivity contribution in [2.45, 2.75) is 26.4 Å². The van der Waals surface area contributed by atoms with Crippen molar-refractivity contribution in [1.29, 1.82) is 0 Å². The highest BCUT2D eigenvalue weighted by Crippen LogP contribution is 1.88. The first-order chi connectivity index (χ1) is 4.66. The van der Waals surface area contributed by atoms with Crippen LogP contribution in [0.15, 0.2) is 0 Å². The van der Waals surface area contributed by atoms with Crippen LogP contribution in [0.5, 0.6) is 0 Å². The molecule has 0 aliphatic carbocycles. The van der Waals surface area contributed by atoms with Gasteiger partial charge in [0.15, 0.2) is 6.10 Å². The molecular formula is C7H10O3. The minimum absolute atomic E-state index is 0.516. The predicted octanol–water partition coefficient (Wildman–Crippen LogP) is 1.48. The predicted molar refractivity (Wildman–Crippen MR) is 36.6 cm³/mol. The van der Waals surface area contributed by atoms with Crippen molar-refractivity contribution >= 4 is 6.16 Å². The van der Waals surface area contributed by atoms with E-state index < -0.39 is 12.3 Å². The first-order valence-electron chi connectivity index (χ1n) is 3.04. The fourth-order valence-electron chi connectivity index (χ4n) is 0.426. The average molecular weight is 142 g/mol. The first-order valence-corrected chi connectivity index (χ1v) is 3.04. The maximum Gasteiger partial charge on any atom is 0.507 e. The van der Waals surface area contributed by atoms with Gasteiger partial charge in [0, 0.05) is 6.42 Å². The first kappa shape index (κ1) is 8.83. The molecule has 1 N–H and O–H groups in total. The molecule has 0 saturated heterocycles. The van der Waals surface area contributed by atoms with Crippen LogP contribution in [0.25, 0.3) is 0 Å². The van der Waals surface area contributed by atoms with E-state index in [1.165, 1.54) is 0 Å². The van der Waals surface area contributed by atoms with Crippen LogP contribution in [0.1, 0.15) is 20.3 Å². The van der Waals surface area contributed by atoms with E-state index in [4.69, 9.17) is 5.11 Å². The molecule has 0 fully saturated rings. The van der Waals surface area contributed by atoms with Gasteiger partial charge in [0.2, 0.25) is 0 Å². The Balaban J connectivity index is 3.63. The van der Waals surface area contributed by atoms with Crippen LogP contribution >= 0.6 is 0 Å². The van der Waals surface area contributed by atoms with Gasteiger partial charge in [0.1, 0.15) is 0 Å². The van der Waals surface area contributed by atoms with E-state index in [-0.39, 0.29) is 0 Å². The smallest absolute Gasteiger partial charge is 0.450 e. The minimum Gasteiger partial charge on any atom is -0.450 e. The van der Waals surface area contributed by atoms with E-state index in [9.17, 15) is 4.79 Å². The van der Waals surface area contributed by atoms with Gasteiger partial charge in [-0.05, 0) is 6.92 Å². The van der Waals surface area contributed by atoms with Gasteiger partial charge in [-0.15, -0.1) is 0 Å². The Labute approximate surface area is 60.0 Å². The van der Waals surface area contributed by atoms with Gasteiger partial charge in [0.25, 0.3) is 0 Å². The summed E-state index contributed by atoms with van der Waals surface area (Å²) in [5.41, 5.74) is 0. The van der Waals surface area contributed by atoms with Crippen molar-refractivity contribution < 1.29 is 14.6 Å². The van der Waals surface area contributed by atoms with Gasteiger partial charge in [0.05, 0.1) is 0 Å². The summed E-state index contributed by atoms with van der Waals surface area (Å²) in [6, 6.07) is 0. The molecule has 0 amide bonds. The van der Waals surface area contributed by atoms with Gasteiger partial charge in [-0.25, -0.2) is 4.79 Å². The maximum atomic E-state index is 9.88. The largest absolute Gasteiger partial charge is 0.507 e. The molecule has 1 atom stereocenters. The van der Waals surface area contributed by atoms with Crippen LogP contribution < -0.4 is 0 Å². The van der Waals surface area contributed by atoms with E-state index >= 15 is 0 Å². The van der Waals surface area contributed by atoms with Crippen LogP contribution in [-0.2, 0) is 4.74 Å². The van der Waals surface area contributed by atoms with E-state index in [0.29, 0.717) is 6.42 Å². The Hall–Kier alpha value is -1.17. The molecule has 0 heterocycles. The Morgan fingerprint density at radius 3 is 2.80 bits per heavy atom. The highest BCUT2D eigenvalue weighted by molar-refractivity contribution is 5.57. The Kier molecular flexibility index (Phi) is 4.14. The second-order valence-electron chi connectivity index (χ2n) is 1.70. The molecule has 0 rings (SSSR count). The van der Waals surface area contributed by atoms with Crippen molar-refractivity contribution in [3.8, 4) is 11.8 Å². The standard InChI is InChI=1S/C7H10O3/c1-3-4-5-6(2)10-7(8)9/h6H,3H2,1-2H3,(H,8,9). The summed E-state index contributed by atoms with van der Waals surface area (Å²) in [7, 11) is 0. The average Bonchev–Trinajstić information content (AvgIpc) is 1.82. The molecule has 0 aromatic heterocycles. The lowest BCUT2D eigenvalue weighted by atomic mass is 10.4. The third kappa shape index (κ3) is 4.98. The van der Waals surface area contributed by atoms with Gasteiger partial charge in [-0.1, -0.05) is 18.8 Å². The summed E-state index contributed by atoms with van der Waals surface area (Å²) in [5, 5.41) is 8.09. The molecular weight excluding hydrogens is 132 g/mol. The fraction of sp³-hybridized carbons (Fsp3) is 0.571. The van der Waals surface area contributed by atoms with E-state index in [2.05, 4.69) is 16.6 Å². The van der Waals surface area contributed by atoms with Gasteiger partial charge >= 0.3 is 6.16 Å². The van der Waals surface area contributed by atoms with Gasteiger partial charge in [-0.3, -0.25) is 0 Å². The molecule has 0 spiro atoms. The summed E-state index contributed by atoms with van der Waals surface area (Å²) < 4.78 is 4.30. The highest BCUT2D eigenvalue weighted by Gasteiger charge is 2.01. The molecule has 0 saturated carbocycles. The lowest BCUT2D eigenvalue weighted by molar-refractivity contribution is 0.0780. The number of carboxylic acid groups (broad SMARTS) is 1. The molecule has 3 nitrogen and oxygen atoms in total. The normalized spacial score (nSPS) is 11.0. The lowest BCUT2D eigenvalue weighted by Gasteiger charge is -2.00. The highest BCUT2D eigenvalue weighted by atomic mass is 16.7. The zero-order valence-corrected chi connectivity index (χ0v) is 6.05. The Morgan fingerprint density at radius 2 is 2.40 bits per heavy atom. The summed E-state index contributed by atoms with van der Waals surface area (Å²) in [5.74, 6) is 5.33. The zero-order chi connectivity index (χ0) is 7.98. The number of hydrogen-bond donors (Lipinski definition) is 1. The third-order valence-electron chi connectivity index (χ3n) is 0.760. The second kappa shape index (κ2) is 4.68. The van der Waals surface area contributed by atoms with Crippen molar-refractivity contribution in [2.24, 2.45) is 0 Å². The quantitative estimate of drug-likeness (QED) is 0.445. The number of ether oxygens (including phenoxy) is 1. The maximum absolute atomic E-state index is 9.88. The fourth-order valence-corrected chi connectivity index (χ4v) is 0.426.